The van der Waals surface area contributed by atoms with E-state index in [1.54, 1.807) is 36.6 Å². The van der Waals surface area contributed by atoms with Gasteiger partial charge in [0.25, 0.3) is 0 Å². The number of aliphatic hydroxyl groups is 1. The van der Waals surface area contributed by atoms with E-state index in [0.29, 0.717) is 9.09 Å². The summed E-state index contributed by atoms with van der Waals surface area (Å²) in [7, 11) is -3.74. The molecular weight excluding hydrogens is 400 g/mol. The van der Waals surface area contributed by atoms with E-state index in [1.807, 2.05) is 18.2 Å². The fourth-order valence-electron chi connectivity index (χ4n) is 2.59. The van der Waals surface area contributed by atoms with Gasteiger partial charge in [0.05, 0.1) is 25.5 Å². The predicted molar refractivity (Wildman–Crippen MR) is 110 cm³/mol. The molecule has 27 heavy (non-hydrogen) atoms. The molecule has 5 nitrogen and oxygen atoms in total. The van der Waals surface area contributed by atoms with Crippen LogP contribution < -0.4 is 5.73 Å². The van der Waals surface area contributed by atoms with Crippen molar-refractivity contribution >= 4 is 38.8 Å². The molecule has 0 amide bonds. The maximum atomic E-state index is 13.2. The van der Waals surface area contributed by atoms with Crippen LogP contribution in [-0.2, 0) is 16.4 Å². The van der Waals surface area contributed by atoms with Crippen LogP contribution >= 0.6 is 23.1 Å². The van der Waals surface area contributed by atoms with Gasteiger partial charge in [-0.1, -0.05) is 36.4 Å². The minimum Gasteiger partial charge on any atom is -0.392 e. The number of nitrogens with two attached hydrogens (primary N) is 1. The van der Waals surface area contributed by atoms with Crippen LogP contribution in [0.5, 0.6) is 0 Å². The average Bonchev–Trinajstić information content (AvgIpc) is 3.14. The van der Waals surface area contributed by atoms with Crippen molar-refractivity contribution in [3.05, 3.63) is 65.0 Å². The summed E-state index contributed by atoms with van der Waals surface area (Å²) in [5.74, 6) is -0.144. The van der Waals surface area contributed by atoms with Gasteiger partial charge in [0, 0.05) is 0 Å². The van der Waals surface area contributed by atoms with Crippen molar-refractivity contribution in [1.29, 1.82) is 5.41 Å². The monoisotopic (exact) mass is 418 g/mol. The highest BCUT2D eigenvalue weighted by Crippen LogP contribution is 2.37. The SMILES string of the molecule is CSc1sc(C(=N)N)cc1S(=O)(=O)c1cccc(-c2ccc(CO)cc2)c1. The molecule has 0 fully saturated rings. The fourth-order valence-corrected chi connectivity index (χ4v) is 6.50. The van der Waals surface area contributed by atoms with Gasteiger partial charge in [0.1, 0.15) is 5.84 Å². The van der Waals surface area contributed by atoms with Gasteiger partial charge < -0.3 is 10.8 Å². The zero-order valence-electron chi connectivity index (χ0n) is 14.5. The second-order valence-corrected chi connectivity index (χ2v) is 9.81. The molecule has 3 aromatic rings. The maximum Gasteiger partial charge on any atom is 0.208 e. The van der Waals surface area contributed by atoms with Crippen molar-refractivity contribution in [2.24, 2.45) is 5.73 Å². The van der Waals surface area contributed by atoms with Gasteiger partial charge in [0.2, 0.25) is 9.84 Å². The largest absolute Gasteiger partial charge is 0.392 e. The van der Waals surface area contributed by atoms with E-state index >= 15 is 0 Å². The number of hydrogen-bond donors (Lipinski definition) is 3. The van der Waals surface area contributed by atoms with Crippen LogP contribution in [0.2, 0.25) is 0 Å². The Kier molecular flexibility index (Phi) is 5.71. The Labute approximate surface area is 166 Å². The molecule has 1 aromatic heterocycles. The first kappa shape index (κ1) is 19.6. The lowest BCUT2D eigenvalue weighted by Gasteiger charge is -2.08. The van der Waals surface area contributed by atoms with Crippen LogP contribution in [0.3, 0.4) is 0 Å². The molecule has 0 radical (unpaired) electrons. The molecule has 2 aromatic carbocycles. The molecule has 0 aliphatic carbocycles. The van der Waals surface area contributed by atoms with Gasteiger partial charge in [-0.15, -0.1) is 23.1 Å². The summed E-state index contributed by atoms with van der Waals surface area (Å²) in [5, 5.41) is 16.7. The Morgan fingerprint density at radius 1 is 1.15 bits per heavy atom. The molecule has 4 N–H and O–H groups in total. The lowest BCUT2D eigenvalue weighted by Crippen LogP contribution is -2.08. The zero-order valence-corrected chi connectivity index (χ0v) is 16.9. The minimum absolute atomic E-state index is 0.0389. The number of thioether (sulfide) groups is 1. The Hall–Kier alpha value is -2.13. The smallest absolute Gasteiger partial charge is 0.208 e. The second kappa shape index (κ2) is 7.85. The molecule has 3 rings (SSSR count). The summed E-state index contributed by atoms with van der Waals surface area (Å²) in [6.45, 7) is -0.0389. The number of hydrogen-bond acceptors (Lipinski definition) is 6. The quantitative estimate of drug-likeness (QED) is 0.321. The lowest BCUT2D eigenvalue weighted by atomic mass is 10.0. The summed E-state index contributed by atoms with van der Waals surface area (Å²) in [4.78, 5) is 0.807. The molecular formula is C19H18N2O3S3. The standard InChI is InChI=1S/C19H18N2O3S3/c1-25-19-17(10-16(26-19)18(20)21)27(23,24)15-4-2-3-14(9-15)13-7-5-12(11-22)6-8-13/h2-10,22H,11H2,1H3,(H3,20,21). The van der Waals surface area contributed by atoms with Gasteiger partial charge in [0.15, 0.2) is 0 Å². The molecule has 140 valence electrons. The molecule has 0 aliphatic heterocycles. The van der Waals surface area contributed by atoms with Gasteiger partial charge in [-0.05, 0) is 41.1 Å². The van der Waals surface area contributed by atoms with E-state index in [4.69, 9.17) is 16.2 Å². The van der Waals surface area contributed by atoms with Crippen molar-refractivity contribution in [2.45, 2.75) is 20.6 Å². The van der Waals surface area contributed by atoms with Crippen LogP contribution in [0.4, 0.5) is 0 Å². The number of nitrogen functional groups attached to an aromatic ring is 1. The molecule has 0 unspecified atom stereocenters. The maximum absolute atomic E-state index is 13.2. The van der Waals surface area contributed by atoms with E-state index in [9.17, 15) is 8.42 Å². The highest BCUT2D eigenvalue weighted by atomic mass is 32.2. The van der Waals surface area contributed by atoms with Gasteiger partial charge >= 0.3 is 0 Å². The molecule has 8 heteroatoms. The van der Waals surface area contributed by atoms with Crippen LogP contribution in [0, 0.1) is 5.41 Å². The van der Waals surface area contributed by atoms with E-state index < -0.39 is 9.84 Å². The number of amidine groups is 1. The number of aliphatic hydroxyl groups excluding tert-OH is 1. The van der Waals surface area contributed by atoms with Crippen LogP contribution in [0.1, 0.15) is 10.4 Å². The normalized spacial score (nSPS) is 11.5. The predicted octanol–water partition coefficient (Wildman–Crippen LogP) is 3.75. The summed E-state index contributed by atoms with van der Waals surface area (Å²) >= 11 is 2.53. The first-order valence-electron chi connectivity index (χ1n) is 7.94. The van der Waals surface area contributed by atoms with Gasteiger partial charge in [-0.2, -0.15) is 0 Å². The Morgan fingerprint density at radius 3 is 2.44 bits per heavy atom. The topological polar surface area (TPSA) is 104 Å². The highest BCUT2D eigenvalue weighted by molar-refractivity contribution is 8.01. The van der Waals surface area contributed by atoms with Crippen LogP contribution in [0.25, 0.3) is 11.1 Å². The van der Waals surface area contributed by atoms with Crippen molar-refractivity contribution in [3.63, 3.8) is 0 Å². The van der Waals surface area contributed by atoms with E-state index in [1.165, 1.54) is 29.2 Å². The number of nitrogens with one attached hydrogen (secondary N) is 1. The van der Waals surface area contributed by atoms with Gasteiger partial charge in [-0.3, -0.25) is 5.41 Å². The fraction of sp³-hybridized carbons (Fsp3) is 0.105. The minimum atomic E-state index is -3.74. The van der Waals surface area contributed by atoms with Crippen LogP contribution in [-0.4, -0.2) is 25.6 Å². The highest BCUT2D eigenvalue weighted by Gasteiger charge is 2.25. The summed E-state index contributed by atoms with van der Waals surface area (Å²) in [6.07, 6.45) is 1.80. The number of benzene rings is 2. The Bertz CT molecular complexity index is 1090. The lowest BCUT2D eigenvalue weighted by molar-refractivity contribution is 0.282. The van der Waals surface area contributed by atoms with Gasteiger partial charge in [-0.25, -0.2) is 8.42 Å². The zero-order chi connectivity index (χ0) is 19.6. The van der Waals surface area contributed by atoms with Crippen molar-refractivity contribution in [1.82, 2.24) is 0 Å². The molecule has 0 bridgehead atoms. The van der Waals surface area contributed by atoms with E-state index in [-0.39, 0.29) is 22.2 Å². The number of sulfone groups is 1. The second-order valence-electron chi connectivity index (χ2n) is 5.77. The molecule has 0 saturated heterocycles. The van der Waals surface area contributed by atoms with E-state index in [0.717, 1.165) is 16.7 Å². The molecule has 1 heterocycles. The number of rotatable bonds is 6. The number of thiophene rings is 1. The van der Waals surface area contributed by atoms with Crippen molar-refractivity contribution < 1.29 is 13.5 Å². The van der Waals surface area contributed by atoms with Crippen LogP contribution in [0.15, 0.2) is 68.6 Å². The third-order valence-electron chi connectivity index (χ3n) is 4.02. The van der Waals surface area contributed by atoms with Crippen molar-refractivity contribution in [2.75, 3.05) is 6.26 Å². The summed E-state index contributed by atoms with van der Waals surface area (Å²) < 4.78 is 27.0. The third-order valence-corrected chi connectivity index (χ3v) is 8.36. The Morgan fingerprint density at radius 2 is 1.85 bits per heavy atom. The molecule has 0 atom stereocenters. The summed E-state index contributed by atoms with van der Waals surface area (Å²) in [6, 6.07) is 15.5. The average molecular weight is 419 g/mol. The Balaban J connectivity index is 2.06. The molecule has 0 saturated carbocycles. The first-order valence-corrected chi connectivity index (χ1v) is 11.5. The third kappa shape index (κ3) is 3.93. The molecule has 0 spiro atoms. The van der Waals surface area contributed by atoms with Crippen molar-refractivity contribution in [3.8, 4) is 11.1 Å². The molecule has 0 aliphatic rings. The van der Waals surface area contributed by atoms with E-state index in [2.05, 4.69) is 0 Å². The first-order chi connectivity index (χ1) is 12.9. The summed E-state index contributed by atoms with van der Waals surface area (Å²) in [5.41, 5.74) is 7.96.